The minimum absolute atomic E-state index is 0.216. The molecule has 0 radical (unpaired) electrons. The van der Waals surface area contributed by atoms with Gasteiger partial charge in [-0.15, -0.1) is 0 Å². The first-order valence-corrected chi connectivity index (χ1v) is 6.03. The van der Waals surface area contributed by atoms with Gasteiger partial charge in [0.1, 0.15) is 17.3 Å². The van der Waals surface area contributed by atoms with Crippen LogP contribution in [-0.2, 0) is 0 Å². The van der Waals surface area contributed by atoms with Crippen molar-refractivity contribution in [1.82, 2.24) is 0 Å². The fraction of sp³-hybridized carbons (Fsp3) is 0.133. The maximum Gasteiger partial charge on any atom is 0.252 e. The zero-order valence-electron chi connectivity index (χ0n) is 10.8. The fourth-order valence-corrected chi connectivity index (χ4v) is 1.82. The number of halogens is 1. The summed E-state index contributed by atoms with van der Waals surface area (Å²) in [5.41, 5.74) is 5.77. The zero-order chi connectivity index (χ0) is 14.7. The van der Waals surface area contributed by atoms with E-state index in [4.69, 9.17) is 10.5 Å². The Morgan fingerprint density at radius 1 is 1.25 bits per heavy atom. The number of hydrogen-bond donors (Lipinski definition) is 2. The van der Waals surface area contributed by atoms with E-state index in [1.165, 1.54) is 31.2 Å². The number of para-hydroxylation sites is 1. The zero-order valence-corrected chi connectivity index (χ0v) is 10.8. The van der Waals surface area contributed by atoms with Gasteiger partial charge in [-0.05, 0) is 37.3 Å². The summed E-state index contributed by atoms with van der Waals surface area (Å²) < 4.78 is 18.8. The van der Waals surface area contributed by atoms with Gasteiger partial charge in [0.25, 0.3) is 5.91 Å². The number of carbonyl (C=O) groups is 1. The van der Waals surface area contributed by atoms with E-state index in [9.17, 15) is 14.3 Å². The first-order valence-electron chi connectivity index (χ1n) is 6.03. The number of primary amides is 1. The number of rotatable bonds is 4. The molecular formula is C15H14FNO3. The second kappa shape index (κ2) is 5.71. The first-order chi connectivity index (χ1) is 9.49. The summed E-state index contributed by atoms with van der Waals surface area (Å²) in [4.78, 5) is 11.3. The second-order valence-electron chi connectivity index (χ2n) is 4.32. The van der Waals surface area contributed by atoms with Gasteiger partial charge in [-0.1, -0.05) is 12.1 Å². The number of aliphatic hydroxyl groups is 1. The molecule has 0 aromatic heterocycles. The number of nitrogens with two attached hydrogens (primary N) is 1. The summed E-state index contributed by atoms with van der Waals surface area (Å²) in [5, 5.41) is 9.65. The van der Waals surface area contributed by atoms with Crippen LogP contribution in [0.25, 0.3) is 0 Å². The highest BCUT2D eigenvalue weighted by molar-refractivity contribution is 5.95. The van der Waals surface area contributed by atoms with Crippen LogP contribution in [-0.4, -0.2) is 11.0 Å². The van der Waals surface area contributed by atoms with E-state index in [-0.39, 0.29) is 17.1 Å². The van der Waals surface area contributed by atoms with E-state index in [1.807, 2.05) is 0 Å². The Morgan fingerprint density at radius 2 is 1.95 bits per heavy atom. The molecule has 0 bridgehead atoms. The second-order valence-corrected chi connectivity index (χ2v) is 4.32. The van der Waals surface area contributed by atoms with Crippen LogP contribution in [0.3, 0.4) is 0 Å². The van der Waals surface area contributed by atoms with Gasteiger partial charge >= 0.3 is 0 Å². The molecule has 2 aromatic rings. The van der Waals surface area contributed by atoms with Crippen LogP contribution in [0, 0.1) is 5.82 Å². The van der Waals surface area contributed by atoms with Crippen molar-refractivity contribution in [2.45, 2.75) is 13.0 Å². The molecule has 0 fully saturated rings. The largest absolute Gasteiger partial charge is 0.456 e. The number of aliphatic hydroxyl groups excluding tert-OH is 1. The number of hydrogen-bond acceptors (Lipinski definition) is 3. The lowest BCUT2D eigenvalue weighted by atomic mass is 10.1. The third-order valence-corrected chi connectivity index (χ3v) is 2.79. The van der Waals surface area contributed by atoms with Crippen LogP contribution < -0.4 is 10.5 Å². The van der Waals surface area contributed by atoms with Gasteiger partial charge in [0.15, 0.2) is 0 Å². The maximum atomic E-state index is 13.2. The van der Waals surface area contributed by atoms with Crippen LogP contribution in [0.1, 0.15) is 28.9 Å². The van der Waals surface area contributed by atoms with Gasteiger partial charge in [0.05, 0.1) is 11.7 Å². The van der Waals surface area contributed by atoms with Crippen molar-refractivity contribution in [3.05, 3.63) is 59.4 Å². The number of carbonyl (C=O) groups excluding carboxylic acids is 1. The highest BCUT2D eigenvalue weighted by Gasteiger charge is 2.14. The molecule has 0 aliphatic carbocycles. The minimum atomic E-state index is -0.901. The molecule has 0 unspecified atom stereocenters. The molecular weight excluding hydrogens is 261 g/mol. The summed E-state index contributed by atoms with van der Waals surface area (Å²) in [6.45, 7) is 1.50. The van der Waals surface area contributed by atoms with Crippen molar-refractivity contribution in [2.24, 2.45) is 5.73 Å². The molecule has 0 aliphatic heterocycles. The first kappa shape index (κ1) is 14.0. The molecule has 1 atom stereocenters. The minimum Gasteiger partial charge on any atom is -0.456 e. The lowest BCUT2D eigenvalue weighted by Crippen LogP contribution is -2.12. The molecule has 2 rings (SSSR count). The van der Waals surface area contributed by atoms with Crippen molar-refractivity contribution in [3.8, 4) is 11.5 Å². The molecule has 0 heterocycles. The van der Waals surface area contributed by atoms with Crippen LogP contribution in [0.15, 0.2) is 42.5 Å². The standard InChI is InChI=1S/C15H14FNO3/c1-9(18)12-8-10(16)6-7-14(12)20-13-5-3-2-4-11(13)15(17)19/h2-9,18H,1H3,(H2,17,19)/t9-/m1/s1. The molecule has 2 aromatic carbocycles. The van der Waals surface area contributed by atoms with Crippen molar-refractivity contribution in [1.29, 1.82) is 0 Å². The van der Waals surface area contributed by atoms with Gasteiger partial charge in [0, 0.05) is 5.56 Å². The highest BCUT2D eigenvalue weighted by atomic mass is 19.1. The predicted molar refractivity (Wildman–Crippen MR) is 72.1 cm³/mol. The van der Waals surface area contributed by atoms with Gasteiger partial charge in [0.2, 0.25) is 0 Å². The molecule has 1 amide bonds. The Bertz CT molecular complexity index is 641. The summed E-state index contributed by atoms with van der Waals surface area (Å²) >= 11 is 0. The number of ether oxygens (including phenoxy) is 1. The lowest BCUT2D eigenvalue weighted by molar-refractivity contribution is 0.0998. The van der Waals surface area contributed by atoms with Crippen LogP contribution in [0.4, 0.5) is 4.39 Å². The fourth-order valence-electron chi connectivity index (χ4n) is 1.82. The van der Waals surface area contributed by atoms with Crippen LogP contribution in [0.2, 0.25) is 0 Å². The predicted octanol–water partition coefficient (Wildman–Crippen LogP) is 2.77. The van der Waals surface area contributed by atoms with Crippen molar-refractivity contribution in [3.63, 3.8) is 0 Å². The van der Waals surface area contributed by atoms with Gasteiger partial charge in [-0.2, -0.15) is 0 Å². The van der Waals surface area contributed by atoms with Gasteiger partial charge in [-0.3, -0.25) is 4.79 Å². The average molecular weight is 275 g/mol. The van der Waals surface area contributed by atoms with Crippen molar-refractivity contribution in [2.75, 3.05) is 0 Å². The molecule has 4 nitrogen and oxygen atoms in total. The van der Waals surface area contributed by atoms with E-state index in [0.29, 0.717) is 5.56 Å². The Labute approximate surface area is 115 Å². The van der Waals surface area contributed by atoms with Gasteiger partial charge < -0.3 is 15.6 Å². The lowest BCUT2D eigenvalue weighted by Gasteiger charge is -2.14. The van der Waals surface area contributed by atoms with Crippen LogP contribution in [0.5, 0.6) is 11.5 Å². The Morgan fingerprint density at radius 3 is 2.60 bits per heavy atom. The quantitative estimate of drug-likeness (QED) is 0.901. The number of amides is 1. The monoisotopic (exact) mass is 275 g/mol. The summed E-state index contributed by atoms with van der Waals surface area (Å²) in [6.07, 6.45) is -0.901. The average Bonchev–Trinajstić information content (AvgIpc) is 2.41. The van der Waals surface area contributed by atoms with E-state index >= 15 is 0 Å². The topological polar surface area (TPSA) is 72.6 Å². The van der Waals surface area contributed by atoms with Gasteiger partial charge in [-0.25, -0.2) is 4.39 Å². The Hall–Kier alpha value is -2.40. The molecule has 20 heavy (non-hydrogen) atoms. The molecule has 0 saturated carbocycles. The van der Waals surface area contributed by atoms with Crippen molar-refractivity contribution >= 4 is 5.91 Å². The molecule has 0 saturated heterocycles. The Balaban J connectivity index is 2.43. The SMILES string of the molecule is C[C@@H](O)c1cc(F)ccc1Oc1ccccc1C(N)=O. The summed E-state index contributed by atoms with van der Waals surface area (Å²) in [7, 11) is 0. The molecule has 104 valence electrons. The number of benzene rings is 2. The molecule has 3 N–H and O–H groups in total. The molecule has 0 spiro atoms. The normalized spacial score (nSPS) is 11.9. The van der Waals surface area contributed by atoms with Crippen LogP contribution >= 0.6 is 0 Å². The summed E-state index contributed by atoms with van der Waals surface area (Å²) in [6, 6.07) is 10.3. The third-order valence-electron chi connectivity index (χ3n) is 2.79. The van der Waals surface area contributed by atoms with E-state index < -0.39 is 17.8 Å². The summed E-state index contributed by atoms with van der Waals surface area (Å²) in [5.74, 6) is -0.568. The molecule has 0 aliphatic rings. The van der Waals surface area contributed by atoms with E-state index in [2.05, 4.69) is 0 Å². The third kappa shape index (κ3) is 2.95. The smallest absolute Gasteiger partial charge is 0.252 e. The van der Waals surface area contributed by atoms with E-state index in [0.717, 1.165) is 0 Å². The van der Waals surface area contributed by atoms with E-state index in [1.54, 1.807) is 18.2 Å². The molecule has 5 heteroatoms. The Kier molecular flexibility index (Phi) is 4.00. The maximum absolute atomic E-state index is 13.2. The van der Waals surface area contributed by atoms with Crippen molar-refractivity contribution < 1.29 is 19.0 Å². The highest BCUT2D eigenvalue weighted by Crippen LogP contribution is 2.31.